The summed E-state index contributed by atoms with van der Waals surface area (Å²) < 4.78 is 2.28. The fourth-order valence-corrected chi connectivity index (χ4v) is 2.85. The molecule has 1 amide bonds. The van der Waals surface area contributed by atoms with Gasteiger partial charge >= 0.3 is 0 Å². The molecule has 56 valence electrons. The average Bonchev–Trinajstić information content (AvgIpc) is 2.40. The number of carbonyl (C=O) groups excluding carboxylic acids is 1. The highest BCUT2D eigenvalue weighted by atomic mass is 32.1. The molecule has 0 saturated heterocycles. The lowest BCUT2D eigenvalue weighted by molar-refractivity contribution is 0.100. The largest absolute Gasteiger partial charge is 0.365 e. The Hall–Kier alpha value is -0.870. The Balaban J connectivity index is 2.67. The molecule has 0 bridgehead atoms. The molecule has 11 heavy (non-hydrogen) atoms. The highest BCUT2D eigenvalue weighted by Gasteiger charge is 2.06. The lowest BCUT2D eigenvalue weighted by Crippen LogP contribution is -2.07. The van der Waals surface area contributed by atoms with E-state index >= 15 is 0 Å². The molecular weight excluding hydrogens is 178 g/mol. The van der Waals surface area contributed by atoms with Gasteiger partial charge in [-0.2, -0.15) is 0 Å². The molecular formula is C7H5NOS2. The van der Waals surface area contributed by atoms with Crippen molar-refractivity contribution in [2.24, 2.45) is 5.73 Å². The summed E-state index contributed by atoms with van der Waals surface area (Å²) in [6.07, 6.45) is 0. The monoisotopic (exact) mass is 183 g/mol. The Bertz CT molecular complexity index is 373. The molecule has 0 unspecified atom stereocenters. The van der Waals surface area contributed by atoms with Crippen LogP contribution in [-0.2, 0) is 0 Å². The zero-order valence-electron chi connectivity index (χ0n) is 5.53. The van der Waals surface area contributed by atoms with Crippen molar-refractivity contribution in [2.75, 3.05) is 0 Å². The van der Waals surface area contributed by atoms with Crippen LogP contribution in [-0.4, -0.2) is 5.91 Å². The average molecular weight is 183 g/mol. The van der Waals surface area contributed by atoms with Crippen molar-refractivity contribution in [2.45, 2.75) is 0 Å². The summed E-state index contributed by atoms with van der Waals surface area (Å²) in [4.78, 5) is 11.4. The van der Waals surface area contributed by atoms with Gasteiger partial charge in [0.15, 0.2) is 0 Å². The van der Waals surface area contributed by atoms with E-state index in [-0.39, 0.29) is 5.91 Å². The van der Waals surface area contributed by atoms with Gasteiger partial charge < -0.3 is 5.73 Å². The van der Waals surface area contributed by atoms with Crippen LogP contribution in [0.3, 0.4) is 0 Å². The van der Waals surface area contributed by atoms with Crippen molar-refractivity contribution in [1.29, 1.82) is 0 Å². The maximum atomic E-state index is 10.7. The normalized spacial score (nSPS) is 10.5. The van der Waals surface area contributed by atoms with Gasteiger partial charge in [0.1, 0.15) is 0 Å². The molecule has 0 aliphatic heterocycles. The van der Waals surface area contributed by atoms with E-state index in [1.54, 1.807) is 11.3 Å². The van der Waals surface area contributed by atoms with Crippen molar-refractivity contribution in [3.05, 3.63) is 22.4 Å². The maximum absolute atomic E-state index is 10.7. The van der Waals surface area contributed by atoms with Gasteiger partial charge in [-0.15, -0.1) is 22.7 Å². The number of rotatable bonds is 1. The Morgan fingerprint density at radius 2 is 2.27 bits per heavy atom. The first kappa shape index (κ1) is 6.82. The summed E-state index contributed by atoms with van der Waals surface area (Å²) in [6, 6.07) is 3.84. The third-order valence-electron chi connectivity index (χ3n) is 1.38. The van der Waals surface area contributed by atoms with Crippen molar-refractivity contribution in [1.82, 2.24) is 0 Å². The third kappa shape index (κ3) is 1.04. The van der Waals surface area contributed by atoms with Crippen molar-refractivity contribution in [3.63, 3.8) is 0 Å². The lowest BCUT2D eigenvalue weighted by Gasteiger charge is -1.81. The molecule has 2 heterocycles. The van der Waals surface area contributed by atoms with E-state index in [1.165, 1.54) is 11.3 Å². The number of hydrogen-bond acceptors (Lipinski definition) is 3. The van der Waals surface area contributed by atoms with Gasteiger partial charge in [0.05, 0.1) is 4.88 Å². The molecule has 0 aliphatic rings. The van der Waals surface area contributed by atoms with Crippen molar-refractivity contribution < 1.29 is 4.79 Å². The minimum Gasteiger partial charge on any atom is -0.365 e. The first-order chi connectivity index (χ1) is 5.27. The molecule has 4 heteroatoms. The number of primary amides is 1. The van der Waals surface area contributed by atoms with Gasteiger partial charge in [-0.3, -0.25) is 4.79 Å². The van der Waals surface area contributed by atoms with Gasteiger partial charge in [-0.05, 0) is 17.5 Å². The standard InChI is InChI=1S/C7H5NOS2/c8-7(9)6-3-5-4(11-6)1-2-10-5/h1-3H,(H2,8,9). The van der Waals surface area contributed by atoms with E-state index in [2.05, 4.69) is 0 Å². The predicted octanol–water partition coefficient (Wildman–Crippen LogP) is 2.06. The SMILES string of the molecule is NC(=O)c1cc2sccc2s1. The fraction of sp³-hybridized carbons (Fsp3) is 0. The number of carbonyl (C=O) groups is 1. The van der Waals surface area contributed by atoms with Crippen LogP contribution in [0.5, 0.6) is 0 Å². The second-order valence-electron chi connectivity index (χ2n) is 2.12. The molecule has 0 aliphatic carbocycles. The number of amides is 1. The molecule has 0 radical (unpaired) electrons. The van der Waals surface area contributed by atoms with E-state index in [4.69, 9.17) is 5.73 Å². The van der Waals surface area contributed by atoms with Gasteiger partial charge in [0.25, 0.3) is 5.91 Å². The summed E-state index contributed by atoms with van der Waals surface area (Å²) in [5, 5.41) is 2.01. The van der Waals surface area contributed by atoms with Gasteiger partial charge in [-0.25, -0.2) is 0 Å². The number of fused-ring (bicyclic) bond motifs is 1. The van der Waals surface area contributed by atoms with E-state index in [0.29, 0.717) is 4.88 Å². The molecule has 2 nitrogen and oxygen atoms in total. The Kier molecular flexibility index (Phi) is 1.44. The minimum absolute atomic E-state index is 0.335. The van der Waals surface area contributed by atoms with E-state index in [9.17, 15) is 4.79 Å². The molecule has 0 atom stereocenters. The van der Waals surface area contributed by atoms with Crippen molar-refractivity contribution in [3.8, 4) is 0 Å². The zero-order chi connectivity index (χ0) is 7.84. The van der Waals surface area contributed by atoms with Crippen LogP contribution in [0.4, 0.5) is 0 Å². The van der Waals surface area contributed by atoms with E-state index < -0.39 is 0 Å². The summed E-state index contributed by atoms with van der Waals surface area (Å²) in [5.41, 5.74) is 5.11. The van der Waals surface area contributed by atoms with Crippen LogP contribution in [0, 0.1) is 0 Å². The molecule has 0 spiro atoms. The second-order valence-corrected chi connectivity index (χ2v) is 4.16. The summed E-state index contributed by atoms with van der Waals surface area (Å²) in [5.74, 6) is -0.335. The minimum atomic E-state index is -0.335. The molecule has 2 aromatic heterocycles. The van der Waals surface area contributed by atoms with E-state index in [1.807, 2.05) is 17.5 Å². The van der Waals surface area contributed by atoms with Gasteiger partial charge in [0.2, 0.25) is 0 Å². The number of nitrogens with two attached hydrogens (primary N) is 1. The topological polar surface area (TPSA) is 43.1 Å². The zero-order valence-corrected chi connectivity index (χ0v) is 7.17. The Morgan fingerprint density at radius 3 is 2.91 bits per heavy atom. The van der Waals surface area contributed by atoms with Crippen LogP contribution >= 0.6 is 22.7 Å². The molecule has 0 fully saturated rings. The summed E-state index contributed by atoms with van der Waals surface area (Å²) in [7, 11) is 0. The smallest absolute Gasteiger partial charge is 0.258 e. The molecule has 0 saturated carbocycles. The highest BCUT2D eigenvalue weighted by molar-refractivity contribution is 7.27. The Morgan fingerprint density at radius 1 is 1.45 bits per heavy atom. The van der Waals surface area contributed by atoms with Crippen LogP contribution < -0.4 is 5.73 Å². The first-order valence-electron chi connectivity index (χ1n) is 3.04. The maximum Gasteiger partial charge on any atom is 0.258 e. The van der Waals surface area contributed by atoms with Gasteiger partial charge in [0, 0.05) is 9.40 Å². The molecule has 0 aromatic carbocycles. The Labute approximate surface area is 71.3 Å². The highest BCUT2D eigenvalue weighted by Crippen LogP contribution is 2.29. The first-order valence-corrected chi connectivity index (χ1v) is 4.74. The van der Waals surface area contributed by atoms with Crippen LogP contribution in [0.2, 0.25) is 0 Å². The number of hydrogen-bond donors (Lipinski definition) is 1. The van der Waals surface area contributed by atoms with Crippen LogP contribution in [0.1, 0.15) is 9.67 Å². The second kappa shape index (κ2) is 2.32. The van der Waals surface area contributed by atoms with Gasteiger partial charge in [-0.1, -0.05) is 0 Å². The summed E-state index contributed by atoms with van der Waals surface area (Å²) in [6.45, 7) is 0. The summed E-state index contributed by atoms with van der Waals surface area (Å²) >= 11 is 3.08. The quantitative estimate of drug-likeness (QED) is 0.722. The predicted molar refractivity (Wildman–Crippen MR) is 48.2 cm³/mol. The fourth-order valence-electron chi connectivity index (χ4n) is 0.887. The van der Waals surface area contributed by atoms with E-state index in [0.717, 1.165) is 9.40 Å². The number of thiophene rings is 2. The van der Waals surface area contributed by atoms with Crippen LogP contribution in [0.15, 0.2) is 17.5 Å². The molecule has 2 N–H and O–H groups in total. The molecule has 2 rings (SSSR count). The van der Waals surface area contributed by atoms with Crippen molar-refractivity contribution >= 4 is 38.0 Å². The third-order valence-corrected chi connectivity index (χ3v) is 3.49. The van der Waals surface area contributed by atoms with Crippen LogP contribution in [0.25, 0.3) is 9.40 Å². The molecule has 2 aromatic rings. The lowest BCUT2D eigenvalue weighted by atomic mass is 10.4.